The van der Waals surface area contributed by atoms with Gasteiger partial charge in [-0.05, 0) is 118 Å². The van der Waals surface area contributed by atoms with Crippen LogP contribution >= 0.6 is 0 Å². The Balaban J connectivity index is 0.928. The minimum atomic E-state index is -0.591. The fourth-order valence-electron chi connectivity index (χ4n) is 11.1. The van der Waals surface area contributed by atoms with Crippen molar-refractivity contribution in [3.05, 3.63) is 70.5 Å². The van der Waals surface area contributed by atoms with Crippen molar-refractivity contribution in [3.63, 3.8) is 0 Å². The van der Waals surface area contributed by atoms with Crippen molar-refractivity contribution in [1.82, 2.24) is 25.2 Å². The number of nitrogens with one attached hydrogen (secondary N) is 1. The number of benzene rings is 2. The summed E-state index contributed by atoms with van der Waals surface area (Å²) >= 11 is 0. The molecule has 0 spiro atoms. The van der Waals surface area contributed by atoms with E-state index in [1.165, 1.54) is 0 Å². The van der Waals surface area contributed by atoms with Gasteiger partial charge >= 0.3 is 0 Å². The quantitative estimate of drug-likeness (QED) is 0.133. The Morgan fingerprint density at radius 3 is 2.66 bits per heavy atom. The number of nitrogens with zero attached hydrogens (tertiary/aromatic N) is 7. The van der Waals surface area contributed by atoms with E-state index < -0.39 is 11.7 Å². The summed E-state index contributed by atoms with van der Waals surface area (Å²) in [5.41, 5.74) is 2.06. The van der Waals surface area contributed by atoms with Crippen molar-refractivity contribution in [2.75, 3.05) is 46.1 Å². The Morgan fingerprint density at radius 1 is 1.10 bits per heavy atom. The lowest BCUT2D eigenvalue weighted by molar-refractivity contribution is -0.134. The van der Waals surface area contributed by atoms with Crippen molar-refractivity contribution >= 4 is 41.0 Å². The molecular formula is C48H61FN8O5. The first-order chi connectivity index (χ1) is 30.1. The lowest BCUT2D eigenvalue weighted by atomic mass is 9.86. The highest BCUT2D eigenvalue weighted by atomic mass is 19.1. The van der Waals surface area contributed by atoms with Crippen LogP contribution in [0.5, 0.6) is 11.6 Å². The number of allylic oxidation sites excluding steroid dienone is 2. The molecule has 3 aromatic rings. The second-order valence-electron chi connectivity index (χ2n) is 18.6. The number of aromatic hydroxyl groups is 1. The van der Waals surface area contributed by atoms with Crippen molar-refractivity contribution in [2.24, 2.45) is 20.9 Å². The molecule has 14 heteroatoms. The van der Waals surface area contributed by atoms with E-state index in [-0.39, 0.29) is 53.4 Å². The molecule has 2 aromatic carbocycles. The van der Waals surface area contributed by atoms with Gasteiger partial charge in [-0.15, -0.1) is 0 Å². The summed E-state index contributed by atoms with van der Waals surface area (Å²) in [5, 5.41) is 20.4. The predicted molar refractivity (Wildman–Crippen MR) is 240 cm³/mol. The van der Waals surface area contributed by atoms with E-state index >= 15 is 4.39 Å². The molecule has 62 heavy (non-hydrogen) atoms. The summed E-state index contributed by atoms with van der Waals surface area (Å²) < 4.78 is 36.0. The van der Waals surface area contributed by atoms with Gasteiger partial charge in [0.25, 0.3) is 5.88 Å². The van der Waals surface area contributed by atoms with Crippen LogP contribution in [0.1, 0.15) is 102 Å². The molecular weight excluding hydrogens is 788 g/mol. The number of ether oxygens (including phenoxy) is 2. The van der Waals surface area contributed by atoms with Crippen LogP contribution in [0, 0.1) is 5.92 Å². The topological polar surface area (TPSA) is 141 Å². The molecule has 6 aliphatic rings. The number of piperidine rings is 1. The van der Waals surface area contributed by atoms with Gasteiger partial charge in [-0.2, -0.15) is 0 Å². The first-order valence-corrected chi connectivity index (χ1v) is 22.8. The molecule has 0 aliphatic carbocycles. The number of rotatable bonds is 13. The molecule has 0 radical (unpaired) electrons. The lowest BCUT2D eigenvalue weighted by Crippen LogP contribution is -2.55. The standard InChI is InChI=1S/C48H61FN8O5/c1-6-31-11-7-12-32-20-35(58)21-37(42(31)32)44-43(49)45(38(23-51-44)46(50-5)55-24-33-13-14-34(25-55)53-33)52-28-60-27-48-16-9-18-56(48)26-36(15-17-48)61-40-22-39(62-54-40)41(29(2)3)47(59)57-19-8-10-30(57)4/h7,11-12,20-23,29-30,33-34,36,41,53,58H,5-6,8-10,13-19,24-28H2,1-4H3/b46-38+,52-45+. The van der Waals surface area contributed by atoms with Crippen LogP contribution in [0.3, 0.4) is 0 Å². The highest BCUT2D eigenvalue weighted by molar-refractivity contribution is 6.29. The summed E-state index contributed by atoms with van der Waals surface area (Å²) in [5.74, 6) is 0.720. The van der Waals surface area contributed by atoms with E-state index in [2.05, 4.69) is 45.8 Å². The number of likely N-dealkylation sites (tertiary alicyclic amines) is 2. The average Bonchev–Trinajstić information content (AvgIpc) is 4.07. The summed E-state index contributed by atoms with van der Waals surface area (Å²) in [6.45, 7) is 16.5. The summed E-state index contributed by atoms with van der Waals surface area (Å²) in [6.07, 6.45) is 10.2. The van der Waals surface area contributed by atoms with Gasteiger partial charge in [0.05, 0.1) is 12.2 Å². The summed E-state index contributed by atoms with van der Waals surface area (Å²) in [6, 6.07) is 11.9. The third-order valence-corrected chi connectivity index (χ3v) is 14.2. The van der Waals surface area contributed by atoms with Gasteiger partial charge in [0.2, 0.25) is 5.91 Å². The maximum Gasteiger partial charge on any atom is 0.254 e. The zero-order valence-corrected chi connectivity index (χ0v) is 36.6. The van der Waals surface area contributed by atoms with Gasteiger partial charge in [0.1, 0.15) is 41.7 Å². The van der Waals surface area contributed by atoms with Crippen LogP contribution in [-0.4, -0.2) is 125 Å². The molecule has 5 fully saturated rings. The number of carbonyl (C=O) groups excluding carboxylic acids is 1. The Morgan fingerprint density at radius 2 is 1.92 bits per heavy atom. The number of phenols is 1. The number of aliphatic imine (C=N–C) groups is 3. The van der Waals surface area contributed by atoms with Crippen LogP contribution in [0.15, 0.2) is 73.1 Å². The monoisotopic (exact) mass is 848 g/mol. The highest BCUT2D eigenvalue weighted by Crippen LogP contribution is 2.41. The van der Waals surface area contributed by atoms with Crippen LogP contribution < -0.4 is 10.1 Å². The van der Waals surface area contributed by atoms with Crippen molar-refractivity contribution in [1.29, 1.82) is 0 Å². The summed E-state index contributed by atoms with van der Waals surface area (Å²) in [4.78, 5) is 34.3. The molecule has 13 nitrogen and oxygen atoms in total. The van der Waals surface area contributed by atoms with Crippen molar-refractivity contribution < 1.29 is 28.3 Å². The second-order valence-corrected chi connectivity index (χ2v) is 18.6. The van der Waals surface area contributed by atoms with Crippen LogP contribution in [0.4, 0.5) is 4.39 Å². The number of aryl methyl sites for hydroxylation is 1. The zero-order valence-electron chi connectivity index (χ0n) is 36.6. The van der Waals surface area contributed by atoms with Gasteiger partial charge in [-0.3, -0.25) is 19.7 Å². The summed E-state index contributed by atoms with van der Waals surface area (Å²) in [7, 11) is 0. The molecule has 2 N–H and O–H groups in total. The Kier molecular flexibility index (Phi) is 12.1. The zero-order chi connectivity index (χ0) is 43.1. The Labute approximate surface area is 363 Å². The number of hydrogen-bond donors (Lipinski definition) is 2. The smallest absolute Gasteiger partial charge is 0.254 e. The molecule has 6 aliphatic heterocycles. The number of phenolic OH excluding ortho intramolecular Hbond substituents is 1. The number of piperazine rings is 1. The van der Waals surface area contributed by atoms with Crippen LogP contribution in [0.25, 0.3) is 16.5 Å². The fourth-order valence-corrected chi connectivity index (χ4v) is 11.1. The van der Waals surface area contributed by atoms with Gasteiger partial charge in [-0.1, -0.05) is 39.0 Å². The van der Waals surface area contributed by atoms with E-state index in [0.29, 0.717) is 53.8 Å². The van der Waals surface area contributed by atoms with E-state index in [1.54, 1.807) is 24.4 Å². The minimum Gasteiger partial charge on any atom is -0.508 e. The molecule has 1 aromatic heterocycles. The van der Waals surface area contributed by atoms with Crippen molar-refractivity contribution in [3.8, 4) is 11.6 Å². The number of halogens is 1. The first kappa shape index (κ1) is 42.4. The third kappa shape index (κ3) is 8.09. The Bertz CT molecular complexity index is 2310. The molecule has 9 rings (SSSR count). The van der Waals surface area contributed by atoms with E-state index in [1.807, 2.05) is 36.9 Å². The minimum absolute atomic E-state index is 0.0364. The molecule has 5 saturated heterocycles. The van der Waals surface area contributed by atoms with Gasteiger partial charge < -0.3 is 34.2 Å². The molecule has 7 heterocycles. The second kappa shape index (κ2) is 17.7. The Hall–Kier alpha value is -4.92. The van der Waals surface area contributed by atoms with Gasteiger partial charge in [0, 0.05) is 67.7 Å². The molecule has 6 unspecified atom stereocenters. The predicted octanol–water partition coefficient (Wildman–Crippen LogP) is 7.41. The van der Waals surface area contributed by atoms with E-state index in [4.69, 9.17) is 24.0 Å². The largest absolute Gasteiger partial charge is 0.508 e. The maximum atomic E-state index is 17.3. The van der Waals surface area contributed by atoms with Crippen LogP contribution in [-0.2, 0) is 16.0 Å². The van der Waals surface area contributed by atoms with Gasteiger partial charge in [0.15, 0.2) is 11.6 Å². The van der Waals surface area contributed by atoms with E-state index in [9.17, 15) is 9.90 Å². The first-order valence-electron chi connectivity index (χ1n) is 22.8. The van der Waals surface area contributed by atoms with E-state index in [0.717, 1.165) is 100 Å². The van der Waals surface area contributed by atoms with Gasteiger partial charge in [-0.25, -0.2) is 9.38 Å². The fraction of sp³-hybridized carbons (Fsp3) is 0.562. The SMILES string of the molecule is C=N/C(=C1/C=NC(c2cc(O)cc3cccc(CC)c23)=C(F)/C1=N/COCC12CCCN1CC(Oc1cc(C(C(=O)N3CCCC3C)C(C)C)on1)CC2)N1CC2CCC(C1)N2. The molecule has 2 bridgehead atoms. The molecule has 330 valence electrons. The number of carbonyl (C=O) groups is 1. The van der Waals surface area contributed by atoms with Crippen molar-refractivity contribution in [2.45, 2.75) is 121 Å². The number of aromatic nitrogens is 1. The number of fused-ring (bicyclic) bond motifs is 4. The third-order valence-electron chi connectivity index (χ3n) is 14.2. The normalized spacial score (nSPS) is 28.4. The number of amides is 1. The molecule has 0 saturated carbocycles. The number of hydrogen-bond acceptors (Lipinski definition) is 12. The average molecular weight is 849 g/mol. The lowest BCUT2D eigenvalue weighted by Gasteiger charge is -2.44. The molecule has 6 atom stereocenters. The maximum absolute atomic E-state index is 17.3. The highest BCUT2D eigenvalue weighted by Gasteiger charge is 2.46. The molecule has 1 amide bonds. The van der Waals surface area contributed by atoms with Crippen LogP contribution in [0.2, 0.25) is 0 Å².